The fraction of sp³-hybridized carbons (Fsp3) is 0.479. The van der Waals surface area contributed by atoms with Crippen molar-refractivity contribution in [3.63, 3.8) is 0 Å². The van der Waals surface area contributed by atoms with Crippen molar-refractivity contribution in [3.8, 4) is 11.5 Å². The van der Waals surface area contributed by atoms with Gasteiger partial charge < -0.3 is 19.4 Å². The van der Waals surface area contributed by atoms with Crippen molar-refractivity contribution in [1.82, 2.24) is 24.6 Å². The predicted octanol–water partition coefficient (Wildman–Crippen LogP) is 9.64. The molecule has 2 aliphatic heterocycles. The molecule has 4 aliphatic rings. The lowest BCUT2D eigenvalue weighted by Crippen LogP contribution is -2.58. The molecule has 1 amide bonds. The summed E-state index contributed by atoms with van der Waals surface area (Å²) in [5.74, 6) is 1.78. The lowest BCUT2D eigenvalue weighted by Gasteiger charge is -2.57. The van der Waals surface area contributed by atoms with Crippen LogP contribution >= 0.6 is 11.8 Å². The average molecular weight is 908 g/mol. The monoisotopic (exact) mass is 907 g/mol. The number of piperidine rings is 1. The maximum Gasteiger partial charge on any atom is 0.302 e. The summed E-state index contributed by atoms with van der Waals surface area (Å²) in [6.45, 7) is 10.8. The van der Waals surface area contributed by atoms with Crippen molar-refractivity contribution in [2.75, 3.05) is 43.5 Å². The van der Waals surface area contributed by atoms with Gasteiger partial charge in [0.1, 0.15) is 22.0 Å². The lowest BCUT2D eigenvalue weighted by atomic mass is 9.59. The second kappa shape index (κ2) is 18.5. The first-order chi connectivity index (χ1) is 30.8. The number of pyridine rings is 2. The van der Waals surface area contributed by atoms with Crippen molar-refractivity contribution in [1.29, 1.82) is 0 Å². The number of hydrogen-bond donors (Lipinski definition) is 2. The van der Waals surface area contributed by atoms with E-state index in [9.17, 15) is 23.3 Å². The second-order valence-electron chi connectivity index (χ2n) is 18.7. The number of thioether (sulfide) groups is 1. The number of carbonyl (C=O) groups is 1. The number of hydrogen-bond acceptors (Lipinski definition) is 12. The van der Waals surface area contributed by atoms with E-state index >= 15 is 0 Å². The third kappa shape index (κ3) is 9.38. The highest BCUT2D eigenvalue weighted by Crippen LogP contribution is 2.53. The number of sulfonamides is 1. The van der Waals surface area contributed by atoms with Crippen LogP contribution in [0.2, 0.25) is 0 Å². The van der Waals surface area contributed by atoms with Gasteiger partial charge in [-0.3, -0.25) is 19.8 Å². The summed E-state index contributed by atoms with van der Waals surface area (Å²) in [7, 11) is -4.58. The zero-order valence-corrected chi connectivity index (χ0v) is 38.3. The molecule has 2 saturated heterocycles. The Hall–Kier alpha value is -5.03. The molecule has 64 heavy (non-hydrogen) atoms. The molecule has 3 aromatic heterocycles. The number of H-pyrrole nitrogens is 1. The molecule has 5 heterocycles. The minimum atomic E-state index is -4.58. The van der Waals surface area contributed by atoms with Crippen LogP contribution in [0.15, 0.2) is 89.2 Å². The number of aromatic amines is 1. The zero-order chi connectivity index (χ0) is 44.6. The first-order valence-corrected chi connectivity index (χ1v) is 25.1. The van der Waals surface area contributed by atoms with Crippen LogP contribution in [0.5, 0.6) is 11.5 Å². The Bertz CT molecular complexity index is 2610. The van der Waals surface area contributed by atoms with Crippen LogP contribution in [0.1, 0.15) is 106 Å². The molecule has 1 spiro atoms. The van der Waals surface area contributed by atoms with Crippen LogP contribution in [0.3, 0.4) is 0 Å². The molecule has 1 atom stereocenters. The molecule has 2 aromatic carbocycles. The molecular weight excluding hydrogens is 851 g/mol. The van der Waals surface area contributed by atoms with E-state index in [1.54, 1.807) is 30.6 Å². The van der Waals surface area contributed by atoms with Crippen LogP contribution in [-0.4, -0.2) is 83.7 Å². The van der Waals surface area contributed by atoms with Gasteiger partial charge in [-0.15, -0.1) is 0 Å². The van der Waals surface area contributed by atoms with Crippen molar-refractivity contribution in [3.05, 3.63) is 106 Å². The molecule has 0 bridgehead atoms. The molecule has 4 fully saturated rings. The number of nitrogens with zero attached hydrogens (tertiary/aromatic N) is 5. The summed E-state index contributed by atoms with van der Waals surface area (Å²) >= 11 is 1.27. The van der Waals surface area contributed by atoms with Crippen LogP contribution in [0, 0.1) is 27.4 Å². The third-order valence-corrected chi connectivity index (χ3v) is 16.6. The smallest absolute Gasteiger partial charge is 0.302 e. The van der Waals surface area contributed by atoms with Crippen LogP contribution in [0.4, 0.5) is 11.4 Å². The molecule has 0 unspecified atom stereocenters. The summed E-state index contributed by atoms with van der Waals surface area (Å²) in [4.78, 5) is 41.7. The van der Waals surface area contributed by atoms with E-state index in [2.05, 4.69) is 74.5 Å². The number of benzene rings is 2. The number of amides is 1. The number of nitro groups is 1. The number of nitrogens with one attached hydrogen (secondary N) is 2. The van der Waals surface area contributed by atoms with Gasteiger partial charge in [-0.25, -0.2) is 23.1 Å². The van der Waals surface area contributed by atoms with E-state index in [1.165, 1.54) is 22.9 Å². The Morgan fingerprint density at radius 1 is 1.03 bits per heavy atom. The van der Waals surface area contributed by atoms with E-state index in [0.717, 1.165) is 101 Å². The number of carbonyl (C=O) groups excluding carboxylic acids is 1. The standard InChI is InChI=1S/C48H57N7O7S2/c1-31(2)39-6-4-5-7-40(39)43-29-61-21-20-54(43)36-25-48(26-36)15-18-53(19-16-48)35-12-13-41(44(23-35)62-37-22-34-14-17-49-45(34)50-27-37)46(56)52-64(59,60)38-24-42(55(57)58)47(51-28-38)63-30-33-10-8-32(3)9-11-33/h4-7,12-14,17,22-24,27-28,31-33,36,43H,8-11,15-16,18-21,25-26,29-30H2,1-3H3,(H,49,50)(H,52,56)/t32-,33+,43-/m0/s1. The highest BCUT2D eigenvalue weighted by molar-refractivity contribution is 7.99. The normalized spacial score (nSPS) is 21.8. The molecule has 338 valence electrons. The van der Waals surface area contributed by atoms with Gasteiger partial charge in [0.2, 0.25) is 0 Å². The highest BCUT2D eigenvalue weighted by atomic mass is 32.2. The highest BCUT2D eigenvalue weighted by Gasteiger charge is 2.49. The molecular formula is C48H57N7O7S2. The van der Waals surface area contributed by atoms with Crippen molar-refractivity contribution >= 4 is 50.1 Å². The third-order valence-electron chi connectivity index (χ3n) is 14.1. The topological polar surface area (TPSA) is 173 Å². The quantitative estimate of drug-likeness (QED) is 0.0652. The van der Waals surface area contributed by atoms with Crippen molar-refractivity contribution in [2.45, 2.75) is 100 Å². The van der Waals surface area contributed by atoms with E-state index < -0.39 is 31.4 Å². The first-order valence-electron chi connectivity index (χ1n) is 22.6. The van der Waals surface area contributed by atoms with Gasteiger partial charge in [0.25, 0.3) is 15.9 Å². The number of anilines is 1. The van der Waals surface area contributed by atoms with E-state index in [-0.39, 0.29) is 27.8 Å². The molecule has 5 aromatic rings. The largest absolute Gasteiger partial charge is 0.455 e. The van der Waals surface area contributed by atoms with E-state index in [0.29, 0.717) is 47.6 Å². The van der Waals surface area contributed by atoms with Gasteiger partial charge in [-0.1, -0.05) is 69.6 Å². The van der Waals surface area contributed by atoms with E-state index in [1.807, 2.05) is 12.1 Å². The van der Waals surface area contributed by atoms with Gasteiger partial charge in [-0.05, 0) is 97.1 Å². The average Bonchev–Trinajstić information content (AvgIpc) is 3.76. The first kappa shape index (κ1) is 44.2. The number of fused-ring (bicyclic) bond motifs is 1. The second-order valence-corrected chi connectivity index (χ2v) is 21.3. The van der Waals surface area contributed by atoms with E-state index in [4.69, 9.17) is 9.47 Å². The Kier molecular flexibility index (Phi) is 12.7. The number of ether oxygens (including phenoxy) is 2. The SMILES string of the molecule is CC(C)c1ccccc1[C@@H]1COCCN1C1CC2(CCN(c3ccc(C(=O)NS(=O)(=O)c4cnc(SC[C@H]5CC[C@@H](C)CC5)c([N+](=O)[O-])c4)c(Oc4cnc5[nH]ccc5c4)c3)CC2)C1. The molecule has 0 radical (unpaired) electrons. The summed E-state index contributed by atoms with van der Waals surface area (Å²) in [5.41, 5.74) is 4.13. The van der Waals surface area contributed by atoms with Gasteiger partial charge in [0.05, 0.1) is 35.9 Å². The summed E-state index contributed by atoms with van der Waals surface area (Å²) in [6.07, 6.45) is 13.1. The molecule has 16 heteroatoms. The number of morpholine rings is 1. The minimum Gasteiger partial charge on any atom is -0.455 e. The lowest BCUT2D eigenvalue weighted by molar-refractivity contribution is -0.388. The molecule has 2 saturated carbocycles. The maximum absolute atomic E-state index is 14.0. The van der Waals surface area contributed by atoms with Crippen LogP contribution in [-0.2, 0) is 14.8 Å². The van der Waals surface area contributed by atoms with Gasteiger partial charge >= 0.3 is 5.69 Å². The molecule has 14 nitrogen and oxygen atoms in total. The predicted molar refractivity (Wildman–Crippen MR) is 248 cm³/mol. The zero-order valence-electron chi connectivity index (χ0n) is 36.7. The number of rotatable bonds is 13. The van der Waals surface area contributed by atoms with Gasteiger partial charge in [0.15, 0.2) is 5.03 Å². The van der Waals surface area contributed by atoms with Gasteiger partial charge in [0, 0.05) is 67.0 Å². The molecule has 9 rings (SSSR count). The van der Waals surface area contributed by atoms with Crippen LogP contribution < -0.4 is 14.4 Å². The maximum atomic E-state index is 14.0. The Morgan fingerprint density at radius 2 is 1.81 bits per heavy atom. The Labute approximate surface area is 379 Å². The summed E-state index contributed by atoms with van der Waals surface area (Å²) < 4.78 is 42.0. The molecule has 2 aliphatic carbocycles. The summed E-state index contributed by atoms with van der Waals surface area (Å²) in [6, 6.07) is 19.4. The van der Waals surface area contributed by atoms with Crippen molar-refractivity contribution < 1.29 is 27.6 Å². The number of aromatic nitrogens is 3. The van der Waals surface area contributed by atoms with Gasteiger partial charge in [-0.2, -0.15) is 0 Å². The van der Waals surface area contributed by atoms with Crippen LogP contribution in [0.25, 0.3) is 11.0 Å². The fourth-order valence-corrected chi connectivity index (χ4v) is 12.4. The minimum absolute atomic E-state index is 0.0210. The Balaban J connectivity index is 0.901. The summed E-state index contributed by atoms with van der Waals surface area (Å²) in [5, 5.41) is 13.1. The van der Waals surface area contributed by atoms with Crippen molar-refractivity contribution in [2.24, 2.45) is 17.3 Å². The fourth-order valence-electron chi connectivity index (χ4n) is 10.3. The molecule has 2 N–H and O–H groups in total. The Morgan fingerprint density at radius 3 is 2.58 bits per heavy atom.